The van der Waals surface area contributed by atoms with E-state index in [2.05, 4.69) is 0 Å². The Labute approximate surface area is 94.4 Å². The van der Waals surface area contributed by atoms with Gasteiger partial charge in [0.25, 0.3) is 0 Å². The van der Waals surface area contributed by atoms with Gasteiger partial charge in [0, 0.05) is 0 Å². The summed E-state index contributed by atoms with van der Waals surface area (Å²) in [7, 11) is 0. The van der Waals surface area contributed by atoms with Crippen LogP contribution in [0.3, 0.4) is 0 Å². The fourth-order valence-corrected chi connectivity index (χ4v) is 1.18. The first-order valence-electron chi connectivity index (χ1n) is 4.45. The number of nitro benzene ring substituents is 1. The molecule has 1 atom stereocenters. The van der Waals surface area contributed by atoms with E-state index in [1.165, 1.54) is 6.92 Å². The lowest BCUT2D eigenvalue weighted by Crippen LogP contribution is -2.13. The summed E-state index contributed by atoms with van der Waals surface area (Å²) < 4.78 is 26.5. The highest BCUT2D eigenvalue weighted by atomic mass is 19.1. The number of nitriles is 1. The predicted molar refractivity (Wildman–Crippen MR) is 52.1 cm³/mol. The lowest BCUT2D eigenvalue weighted by molar-refractivity contribution is -0.387. The number of hydrogen-bond acceptors (Lipinski definition) is 4. The molecule has 0 aliphatic rings. The first-order chi connectivity index (χ1) is 7.88. The van der Waals surface area contributed by atoms with Gasteiger partial charge in [-0.15, -0.1) is 0 Å². The number of Topliss-reactive ketones (excluding diaryl/α,β-unsaturated/α-hetero) is 1. The maximum Gasteiger partial charge on any atom is 0.308 e. The molecule has 1 aromatic carbocycles. The van der Waals surface area contributed by atoms with Gasteiger partial charge in [0.2, 0.25) is 5.82 Å². The van der Waals surface area contributed by atoms with Gasteiger partial charge >= 0.3 is 5.69 Å². The van der Waals surface area contributed by atoms with Gasteiger partial charge in [-0.1, -0.05) is 0 Å². The minimum absolute atomic E-state index is 0.378. The molecule has 0 bridgehead atoms. The van der Waals surface area contributed by atoms with Gasteiger partial charge in [-0.05, 0) is 13.0 Å². The van der Waals surface area contributed by atoms with Crippen molar-refractivity contribution in [3.05, 3.63) is 39.4 Å². The van der Waals surface area contributed by atoms with Crippen molar-refractivity contribution in [3.63, 3.8) is 0 Å². The molecule has 0 saturated carbocycles. The maximum atomic E-state index is 13.5. The maximum absolute atomic E-state index is 13.5. The Morgan fingerprint density at radius 2 is 2.12 bits per heavy atom. The van der Waals surface area contributed by atoms with Crippen LogP contribution in [0.15, 0.2) is 12.1 Å². The Kier molecular flexibility index (Phi) is 3.48. The molecule has 7 heteroatoms. The van der Waals surface area contributed by atoms with E-state index >= 15 is 0 Å². The number of halogens is 2. The van der Waals surface area contributed by atoms with Crippen LogP contribution in [0.2, 0.25) is 0 Å². The van der Waals surface area contributed by atoms with E-state index in [1.807, 2.05) is 0 Å². The van der Waals surface area contributed by atoms with Gasteiger partial charge < -0.3 is 0 Å². The van der Waals surface area contributed by atoms with Gasteiger partial charge in [-0.25, -0.2) is 4.39 Å². The summed E-state index contributed by atoms with van der Waals surface area (Å²) in [4.78, 5) is 20.7. The van der Waals surface area contributed by atoms with Crippen LogP contribution in [0.5, 0.6) is 0 Å². The Hall–Kier alpha value is -2.36. The van der Waals surface area contributed by atoms with Gasteiger partial charge in [0.1, 0.15) is 11.7 Å². The monoisotopic (exact) mass is 240 g/mol. The molecule has 0 radical (unpaired) electrons. The summed E-state index contributed by atoms with van der Waals surface area (Å²) in [5.74, 6) is -4.73. The molecule has 0 saturated heterocycles. The highest BCUT2D eigenvalue weighted by Crippen LogP contribution is 2.24. The summed E-state index contributed by atoms with van der Waals surface area (Å²) in [5, 5.41) is 18.9. The zero-order valence-electron chi connectivity index (χ0n) is 8.61. The van der Waals surface area contributed by atoms with Crippen LogP contribution < -0.4 is 0 Å². The summed E-state index contributed by atoms with van der Waals surface area (Å²) in [6.45, 7) is 1.19. The second kappa shape index (κ2) is 4.65. The molecule has 5 nitrogen and oxygen atoms in total. The van der Waals surface area contributed by atoms with Gasteiger partial charge in [-0.2, -0.15) is 9.65 Å². The molecule has 0 aromatic heterocycles. The van der Waals surface area contributed by atoms with Gasteiger partial charge in [-0.3, -0.25) is 14.9 Å². The molecule has 0 spiro atoms. The number of carbonyl (C=O) groups excluding carboxylic acids is 1. The number of hydrogen-bond donors (Lipinski definition) is 0. The molecule has 1 unspecified atom stereocenters. The van der Waals surface area contributed by atoms with Crippen molar-refractivity contribution in [1.82, 2.24) is 0 Å². The summed E-state index contributed by atoms with van der Waals surface area (Å²) in [6, 6.07) is 2.47. The number of carbonyl (C=O) groups is 1. The van der Waals surface area contributed by atoms with E-state index < -0.39 is 39.5 Å². The molecule has 0 amide bonds. The van der Waals surface area contributed by atoms with Crippen LogP contribution >= 0.6 is 0 Å². The number of ketones is 1. The standard InChI is InChI=1S/C10H6F2N2O3/c1-5(4-13)10(15)7-2-6(11)3-8(9(7)12)14(16)17/h2-3,5H,1H3. The van der Waals surface area contributed by atoms with Crippen LogP contribution in [0.1, 0.15) is 17.3 Å². The third-order valence-corrected chi connectivity index (χ3v) is 2.07. The van der Waals surface area contributed by atoms with Gasteiger partial charge in [0.05, 0.1) is 22.6 Å². The molecule has 17 heavy (non-hydrogen) atoms. The number of benzene rings is 1. The Morgan fingerprint density at radius 1 is 1.53 bits per heavy atom. The van der Waals surface area contributed by atoms with Crippen LogP contribution in [-0.4, -0.2) is 10.7 Å². The second-order valence-corrected chi connectivity index (χ2v) is 3.26. The molecule has 0 aliphatic heterocycles. The fourth-order valence-electron chi connectivity index (χ4n) is 1.18. The molecular formula is C10H6F2N2O3. The zero-order chi connectivity index (χ0) is 13.2. The Bertz CT molecular complexity index is 537. The summed E-state index contributed by atoms with van der Waals surface area (Å²) in [6.07, 6.45) is 0. The minimum atomic E-state index is -1.43. The van der Waals surface area contributed by atoms with Crippen molar-refractivity contribution in [2.45, 2.75) is 6.92 Å². The first-order valence-corrected chi connectivity index (χ1v) is 4.45. The van der Waals surface area contributed by atoms with Crippen LogP contribution in [0, 0.1) is 39.0 Å². The molecular weight excluding hydrogens is 234 g/mol. The van der Waals surface area contributed by atoms with E-state index in [4.69, 9.17) is 5.26 Å². The minimum Gasteiger partial charge on any atom is -0.293 e. The van der Waals surface area contributed by atoms with Crippen LogP contribution in [0.4, 0.5) is 14.5 Å². The van der Waals surface area contributed by atoms with Crippen molar-refractivity contribution in [2.75, 3.05) is 0 Å². The molecule has 0 heterocycles. The fraction of sp³-hybridized carbons (Fsp3) is 0.200. The quantitative estimate of drug-likeness (QED) is 0.460. The second-order valence-electron chi connectivity index (χ2n) is 3.26. The third-order valence-electron chi connectivity index (χ3n) is 2.07. The molecule has 0 N–H and O–H groups in total. The normalized spacial score (nSPS) is 11.6. The van der Waals surface area contributed by atoms with Crippen LogP contribution in [-0.2, 0) is 0 Å². The van der Waals surface area contributed by atoms with Crippen molar-refractivity contribution < 1.29 is 18.5 Å². The van der Waals surface area contributed by atoms with E-state index in [9.17, 15) is 23.7 Å². The van der Waals surface area contributed by atoms with Crippen LogP contribution in [0.25, 0.3) is 0 Å². The van der Waals surface area contributed by atoms with E-state index in [0.29, 0.717) is 12.1 Å². The largest absolute Gasteiger partial charge is 0.308 e. The average Bonchev–Trinajstić information content (AvgIpc) is 2.29. The lowest BCUT2D eigenvalue weighted by atomic mass is 9.99. The Morgan fingerprint density at radius 3 is 2.59 bits per heavy atom. The van der Waals surface area contributed by atoms with Crippen molar-refractivity contribution >= 4 is 11.5 Å². The molecule has 0 aliphatic carbocycles. The third kappa shape index (κ3) is 2.42. The topological polar surface area (TPSA) is 84.0 Å². The van der Waals surface area contributed by atoms with Crippen molar-refractivity contribution in [2.24, 2.45) is 5.92 Å². The van der Waals surface area contributed by atoms with Gasteiger partial charge in [0.15, 0.2) is 5.78 Å². The number of rotatable bonds is 3. The highest BCUT2D eigenvalue weighted by molar-refractivity contribution is 5.99. The van der Waals surface area contributed by atoms with Crippen molar-refractivity contribution in [3.8, 4) is 6.07 Å². The lowest BCUT2D eigenvalue weighted by Gasteiger charge is -2.04. The Balaban J connectivity index is 3.41. The highest BCUT2D eigenvalue weighted by Gasteiger charge is 2.26. The van der Waals surface area contributed by atoms with E-state index in [1.54, 1.807) is 6.07 Å². The first kappa shape index (κ1) is 12.7. The molecule has 88 valence electrons. The van der Waals surface area contributed by atoms with E-state index in [-0.39, 0.29) is 0 Å². The average molecular weight is 240 g/mol. The number of nitro groups is 1. The number of nitrogens with zero attached hydrogens (tertiary/aromatic N) is 2. The zero-order valence-corrected chi connectivity index (χ0v) is 8.61. The molecule has 0 fully saturated rings. The summed E-state index contributed by atoms with van der Waals surface area (Å²) >= 11 is 0. The predicted octanol–water partition coefficient (Wildman–Crippen LogP) is 2.22. The molecule has 1 aromatic rings. The SMILES string of the molecule is CC(C#N)C(=O)c1cc(F)cc([N+](=O)[O-])c1F. The van der Waals surface area contributed by atoms with Crippen molar-refractivity contribution in [1.29, 1.82) is 5.26 Å². The smallest absolute Gasteiger partial charge is 0.293 e. The summed E-state index contributed by atoms with van der Waals surface area (Å²) in [5.41, 5.74) is -1.91. The van der Waals surface area contributed by atoms with E-state index in [0.717, 1.165) is 0 Å². The molecule has 1 rings (SSSR count).